The Balaban J connectivity index is 1.75. The molecule has 1 aliphatic rings. The first-order chi connectivity index (χ1) is 13.0. The first-order valence-corrected chi connectivity index (χ1v) is 9.05. The summed E-state index contributed by atoms with van der Waals surface area (Å²) < 4.78 is 1.58. The third kappa shape index (κ3) is 4.16. The summed E-state index contributed by atoms with van der Waals surface area (Å²) in [6.07, 6.45) is 6.56. The second-order valence-corrected chi connectivity index (χ2v) is 6.99. The Hall–Kier alpha value is -3.15. The van der Waals surface area contributed by atoms with Gasteiger partial charge in [-0.3, -0.25) is 14.6 Å². The number of aryl methyl sites for hydroxylation is 1. The molecular weight excluding hydrogens is 344 g/mol. The van der Waals surface area contributed by atoms with E-state index in [9.17, 15) is 4.79 Å². The molecule has 1 amide bonds. The highest BCUT2D eigenvalue weighted by atomic mass is 16.1. The Bertz CT molecular complexity index is 864. The molecule has 27 heavy (non-hydrogen) atoms. The maximum Gasteiger partial charge on any atom is 0.261 e. The number of nitrogens with one attached hydrogen (secondary N) is 2. The zero-order valence-corrected chi connectivity index (χ0v) is 15.8. The Morgan fingerprint density at radius 3 is 2.89 bits per heavy atom. The van der Waals surface area contributed by atoms with E-state index in [0.717, 1.165) is 25.9 Å². The van der Waals surface area contributed by atoms with E-state index in [2.05, 4.69) is 36.6 Å². The van der Waals surface area contributed by atoms with E-state index in [1.165, 1.54) is 6.20 Å². The maximum atomic E-state index is 12.8. The normalized spacial score (nSPS) is 15.4. The number of nitriles is 1. The van der Waals surface area contributed by atoms with Crippen molar-refractivity contribution in [3.63, 3.8) is 0 Å². The molecule has 1 saturated heterocycles. The van der Waals surface area contributed by atoms with Gasteiger partial charge in [0.15, 0.2) is 11.6 Å². The molecule has 2 N–H and O–H groups in total. The van der Waals surface area contributed by atoms with Crippen LogP contribution in [0, 0.1) is 23.2 Å². The summed E-state index contributed by atoms with van der Waals surface area (Å²) in [7, 11) is 1.76. The third-order valence-corrected chi connectivity index (χ3v) is 4.49. The van der Waals surface area contributed by atoms with E-state index in [-0.39, 0.29) is 17.7 Å². The lowest BCUT2D eigenvalue weighted by atomic mass is 9.99. The number of aromatic amines is 1. The zero-order chi connectivity index (χ0) is 19.4. The summed E-state index contributed by atoms with van der Waals surface area (Å²) in [4.78, 5) is 19.3. The fourth-order valence-corrected chi connectivity index (χ4v) is 2.99. The smallest absolute Gasteiger partial charge is 0.261 e. The van der Waals surface area contributed by atoms with Gasteiger partial charge in [-0.2, -0.15) is 15.5 Å². The number of H-pyrrole nitrogens is 1. The molecule has 1 fully saturated rings. The molecule has 1 aliphatic heterocycles. The van der Waals surface area contributed by atoms with E-state index >= 15 is 0 Å². The summed E-state index contributed by atoms with van der Waals surface area (Å²) in [5.74, 6) is 1.29. The van der Waals surface area contributed by atoms with Crippen LogP contribution < -0.4 is 10.2 Å². The Kier molecular flexibility index (Phi) is 5.54. The average Bonchev–Trinajstić information content (AvgIpc) is 3.26. The van der Waals surface area contributed by atoms with E-state index in [1.807, 2.05) is 13.8 Å². The topological polar surface area (TPSA) is 115 Å². The maximum absolute atomic E-state index is 12.8. The van der Waals surface area contributed by atoms with E-state index < -0.39 is 0 Å². The molecule has 0 spiro atoms. The highest BCUT2D eigenvalue weighted by Crippen LogP contribution is 2.28. The second-order valence-electron chi connectivity index (χ2n) is 6.99. The van der Waals surface area contributed by atoms with Crippen molar-refractivity contribution in [2.45, 2.75) is 26.7 Å². The molecule has 2 aromatic heterocycles. The number of hydrogen-bond acceptors (Lipinski definition) is 6. The molecule has 0 unspecified atom stereocenters. The quantitative estimate of drug-likeness (QED) is 0.787. The van der Waals surface area contributed by atoms with Crippen LogP contribution in [-0.4, -0.2) is 45.2 Å². The molecule has 9 nitrogen and oxygen atoms in total. The fourth-order valence-electron chi connectivity index (χ4n) is 2.99. The minimum Gasteiger partial charge on any atom is -0.353 e. The Morgan fingerprint density at radius 1 is 1.48 bits per heavy atom. The fraction of sp³-hybridized carbons (Fsp3) is 0.500. The van der Waals surface area contributed by atoms with Crippen LogP contribution >= 0.6 is 0 Å². The number of amides is 1. The number of rotatable bonds is 5. The molecule has 0 atom stereocenters. The van der Waals surface area contributed by atoms with Crippen molar-refractivity contribution in [2.75, 3.05) is 23.3 Å². The van der Waals surface area contributed by atoms with Crippen LogP contribution in [0.1, 0.15) is 37.0 Å². The van der Waals surface area contributed by atoms with E-state index in [1.54, 1.807) is 24.1 Å². The SMILES string of the molecule is CC(C)/C=N\c1c(C(=O)Nc2c[nH]nc2N2CCC(C#N)CC2)cnn1C. The number of aromatic nitrogens is 4. The van der Waals surface area contributed by atoms with Crippen LogP contribution in [0.25, 0.3) is 0 Å². The summed E-state index contributed by atoms with van der Waals surface area (Å²) in [5, 5.41) is 23.2. The van der Waals surface area contributed by atoms with E-state index in [0.29, 0.717) is 22.9 Å². The number of aliphatic imine (C=N–C) groups is 1. The minimum atomic E-state index is -0.284. The van der Waals surface area contributed by atoms with Crippen molar-refractivity contribution in [3.05, 3.63) is 18.0 Å². The first-order valence-electron chi connectivity index (χ1n) is 9.05. The molecule has 2 aromatic rings. The number of carbonyl (C=O) groups excluding carboxylic acids is 1. The van der Waals surface area contributed by atoms with Crippen molar-refractivity contribution in [1.82, 2.24) is 20.0 Å². The predicted molar refractivity (Wildman–Crippen MR) is 103 cm³/mol. The number of piperidine rings is 1. The van der Waals surface area contributed by atoms with Crippen molar-refractivity contribution < 1.29 is 4.79 Å². The average molecular weight is 368 g/mol. The molecule has 0 aromatic carbocycles. The highest BCUT2D eigenvalue weighted by Gasteiger charge is 2.24. The van der Waals surface area contributed by atoms with Crippen LogP contribution in [0.5, 0.6) is 0 Å². The van der Waals surface area contributed by atoms with Crippen molar-refractivity contribution >= 4 is 29.4 Å². The first kappa shape index (κ1) is 18.6. The van der Waals surface area contributed by atoms with Gasteiger partial charge >= 0.3 is 0 Å². The van der Waals surface area contributed by atoms with Gasteiger partial charge in [0.05, 0.1) is 12.3 Å². The molecule has 0 radical (unpaired) electrons. The van der Waals surface area contributed by atoms with Gasteiger partial charge in [-0.25, -0.2) is 4.99 Å². The lowest BCUT2D eigenvalue weighted by molar-refractivity contribution is 0.102. The zero-order valence-electron chi connectivity index (χ0n) is 15.8. The lowest BCUT2D eigenvalue weighted by Gasteiger charge is -2.29. The monoisotopic (exact) mass is 368 g/mol. The van der Waals surface area contributed by atoms with Gasteiger partial charge in [-0.15, -0.1) is 0 Å². The highest BCUT2D eigenvalue weighted by molar-refractivity contribution is 6.08. The Morgan fingerprint density at radius 2 is 2.22 bits per heavy atom. The van der Waals surface area contributed by atoms with Crippen LogP contribution in [0.15, 0.2) is 17.4 Å². The number of carbonyl (C=O) groups is 1. The van der Waals surface area contributed by atoms with Crippen molar-refractivity contribution in [3.8, 4) is 6.07 Å². The van der Waals surface area contributed by atoms with Crippen LogP contribution in [0.4, 0.5) is 17.3 Å². The Labute approximate surface area is 158 Å². The van der Waals surface area contributed by atoms with Gasteiger partial charge in [0.25, 0.3) is 5.91 Å². The lowest BCUT2D eigenvalue weighted by Crippen LogP contribution is -2.34. The van der Waals surface area contributed by atoms with E-state index in [4.69, 9.17) is 5.26 Å². The largest absolute Gasteiger partial charge is 0.353 e. The van der Waals surface area contributed by atoms with Crippen LogP contribution in [0.3, 0.4) is 0 Å². The number of anilines is 2. The molecule has 9 heteroatoms. The summed E-state index contributed by atoms with van der Waals surface area (Å²) in [6.45, 7) is 5.52. The van der Waals surface area contributed by atoms with Crippen LogP contribution in [0.2, 0.25) is 0 Å². The summed E-state index contributed by atoms with van der Waals surface area (Å²) >= 11 is 0. The summed E-state index contributed by atoms with van der Waals surface area (Å²) in [5.41, 5.74) is 1.02. The molecule has 3 rings (SSSR count). The third-order valence-electron chi connectivity index (χ3n) is 4.49. The molecule has 142 valence electrons. The summed E-state index contributed by atoms with van der Waals surface area (Å²) in [6, 6.07) is 2.32. The van der Waals surface area contributed by atoms with Gasteiger partial charge in [0.2, 0.25) is 0 Å². The standard InChI is InChI=1S/C18H24N8O/c1-12(2)9-20-16-14(10-22-25(16)3)18(27)23-15-11-21-24-17(15)26-6-4-13(8-19)5-7-26/h9-13H,4-7H2,1-3H3,(H,21,24)(H,23,27)/b20-9-. The van der Waals surface area contributed by atoms with Gasteiger partial charge in [0.1, 0.15) is 11.3 Å². The molecule has 0 aliphatic carbocycles. The molecule has 0 saturated carbocycles. The molecule has 0 bridgehead atoms. The van der Waals surface area contributed by atoms with Gasteiger partial charge in [-0.05, 0) is 18.8 Å². The van der Waals surface area contributed by atoms with Gasteiger partial charge in [0, 0.05) is 38.5 Å². The second kappa shape index (κ2) is 8.03. The molecular formula is C18H24N8O. The van der Waals surface area contributed by atoms with Gasteiger partial charge < -0.3 is 10.2 Å². The van der Waals surface area contributed by atoms with Crippen molar-refractivity contribution in [1.29, 1.82) is 5.26 Å². The number of hydrogen-bond donors (Lipinski definition) is 2. The minimum absolute atomic E-state index is 0.0926. The number of nitrogens with zero attached hydrogens (tertiary/aromatic N) is 6. The predicted octanol–water partition coefficient (Wildman–Crippen LogP) is 2.49. The van der Waals surface area contributed by atoms with Crippen LogP contribution in [-0.2, 0) is 7.05 Å². The van der Waals surface area contributed by atoms with Gasteiger partial charge in [-0.1, -0.05) is 13.8 Å². The molecule has 3 heterocycles. The van der Waals surface area contributed by atoms with Crippen molar-refractivity contribution in [2.24, 2.45) is 23.9 Å².